The molecule has 2 rings (SSSR count). The second-order valence-electron chi connectivity index (χ2n) is 3.96. The van der Waals surface area contributed by atoms with Crippen molar-refractivity contribution in [1.82, 2.24) is 0 Å². The highest BCUT2D eigenvalue weighted by Crippen LogP contribution is 1.97. The third-order valence-electron chi connectivity index (χ3n) is 2.50. The minimum Gasteiger partial charge on any atom is -0.450 e. The first-order valence-electron chi connectivity index (χ1n) is 6.59. The van der Waals surface area contributed by atoms with Crippen LogP contribution >= 0.6 is 0 Å². The van der Waals surface area contributed by atoms with Crippen molar-refractivity contribution in [2.45, 2.75) is 26.7 Å². The van der Waals surface area contributed by atoms with E-state index >= 15 is 0 Å². The molecule has 0 aliphatic carbocycles. The minimum absolute atomic E-state index is 1.14. The highest BCUT2D eigenvalue weighted by atomic mass is 16.6. The van der Waals surface area contributed by atoms with E-state index in [0.717, 1.165) is 12.8 Å². The molecule has 0 amide bonds. The van der Waals surface area contributed by atoms with Crippen LogP contribution in [-0.4, -0.2) is 16.4 Å². The predicted molar refractivity (Wildman–Crippen MR) is 82.3 cm³/mol. The molecule has 3 heteroatoms. The normalized spacial score (nSPS) is 8.50. The van der Waals surface area contributed by atoms with Crippen molar-refractivity contribution in [2.75, 3.05) is 0 Å². The van der Waals surface area contributed by atoms with Crippen LogP contribution < -0.4 is 0 Å². The largest absolute Gasteiger partial charge is 0.503 e. The minimum atomic E-state index is -1.83. The lowest BCUT2D eigenvalue weighted by molar-refractivity contribution is 0.137. The molecule has 2 aromatic carbocycles. The number of carbonyl (C=O) groups is 1. The van der Waals surface area contributed by atoms with Gasteiger partial charge in [-0.2, -0.15) is 0 Å². The molecule has 0 unspecified atom stereocenters. The van der Waals surface area contributed by atoms with Crippen LogP contribution in [0.1, 0.15) is 25.0 Å². The molecule has 0 saturated carbocycles. The maximum atomic E-state index is 8.56. The summed E-state index contributed by atoms with van der Waals surface area (Å²) in [4.78, 5) is 8.56. The maximum absolute atomic E-state index is 8.56. The molecule has 2 aromatic rings. The van der Waals surface area contributed by atoms with Crippen molar-refractivity contribution in [1.29, 1.82) is 0 Å². The molecule has 0 saturated heterocycles. The quantitative estimate of drug-likeness (QED) is 0.833. The fraction of sp³-hybridized carbons (Fsp3) is 0.235. The lowest BCUT2D eigenvalue weighted by Gasteiger charge is -1.89. The van der Waals surface area contributed by atoms with Crippen molar-refractivity contribution in [3.05, 3.63) is 71.8 Å². The van der Waals surface area contributed by atoms with Crippen LogP contribution in [0.3, 0.4) is 0 Å². The zero-order chi connectivity index (χ0) is 15.2. The van der Waals surface area contributed by atoms with E-state index in [-0.39, 0.29) is 0 Å². The molecule has 0 aromatic heterocycles. The van der Waals surface area contributed by atoms with E-state index in [2.05, 4.69) is 62.4 Å². The SMILES string of the molecule is CCc1ccccc1.CCc1ccccc1.O=C(O)O. The van der Waals surface area contributed by atoms with E-state index in [1.54, 1.807) is 0 Å². The standard InChI is InChI=1S/2C8H10.CH2O3/c2*1-2-8-6-4-3-5-7-8;2-1(3)4/h2*3-7H,2H2,1H3;(H2,2,3,4). The average molecular weight is 274 g/mol. The van der Waals surface area contributed by atoms with Gasteiger partial charge in [0, 0.05) is 0 Å². The second-order valence-corrected chi connectivity index (χ2v) is 3.96. The lowest BCUT2D eigenvalue weighted by Crippen LogP contribution is -1.81. The second kappa shape index (κ2) is 11.8. The van der Waals surface area contributed by atoms with Crippen molar-refractivity contribution in [2.24, 2.45) is 0 Å². The van der Waals surface area contributed by atoms with Crippen LogP contribution in [0.15, 0.2) is 60.7 Å². The molecule has 0 spiro atoms. The fourth-order valence-electron chi connectivity index (χ4n) is 1.43. The average Bonchev–Trinajstić information content (AvgIpc) is 2.49. The molecular formula is C17H22O3. The van der Waals surface area contributed by atoms with Crippen molar-refractivity contribution in [3.63, 3.8) is 0 Å². The van der Waals surface area contributed by atoms with Crippen molar-refractivity contribution >= 4 is 6.16 Å². The van der Waals surface area contributed by atoms with Gasteiger partial charge in [0.25, 0.3) is 0 Å². The number of aryl methyl sites for hydroxylation is 2. The third kappa shape index (κ3) is 10.8. The first-order chi connectivity index (χ1) is 9.60. The van der Waals surface area contributed by atoms with Gasteiger partial charge in [-0.3, -0.25) is 0 Å². The molecule has 2 N–H and O–H groups in total. The molecule has 3 nitrogen and oxygen atoms in total. The molecule has 0 radical (unpaired) electrons. The van der Waals surface area contributed by atoms with Gasteiger partial charge in [0.05, 0.1) is 0 Å². The van der Waals surface area contributed by atoms with Crippen LogP contribution in [0.5, 0.6) is 0 Å². The Bertz CT molecular complexity index is 409. The molecule has 0 fully saturated rings. The van der Waals surface area contributed by atoms with Crippen LogP contribution in [0.25, 0.3) is 0 Å². The van der Waals surface area contributed by atoms with E-state index < -0.39 is 6.16 Å². The van der Waals surface area contributed by atoms with Gasteiger partial charge in [0.15, 0.2) is 0 Å². The van der Waals surface area contributed by atoms with Crippen LogP contribution in [0, 0.1) is 0 Å². The Labute approximate surface area is 120 Å². The molecular weight excluding hydrogens is 252 g/mol. The summed E-state index contributed by atoms with van der Waals surface area (Å²) in [5.41, 5.74) is 2.82. The number of carboxylic acid groups (broad SMARTS) is 2. The summed E-state index contributed by atoms with van der Waals surface area (Å²) in [5.74, 6) is 0. The summed E-state index contributed by atoms with van der Waals surface area (Å²) < 4.78 is 0. The molecule has 108 valence electrons. The zero-order valence-corrected chi connectivity index (χ0v) is 12.0. The Balaban J connectivity index is 0.000000289. The predicted octanol–water partition coefficient (Wildman–Crippen LogP) is 4.72. The number of benzene rings is 2. The monoisotopic (exact) mass is 274 g/mol. The van der Waals surface area contributed by atoms with E-state index in [4.69, 9.17) is 15.0 Å². The summed E-state index contributed by atoms with van der Waals surface area (Å²) in [5, 5.41) is 13.9. The maximum Gasteiger partial charge on any atom is 0.503 e. The summed E-state index contributed by atoms with van der Waals surface area (Å²) in [6.45, 7) is 4.32. The molecule has 0 aliphatic rings. The third-order valence-corrected chi connectivity index (χ3v) is 2.50. The summed E-state index contributed by atoms with van der Waals surface area (Å²) in [6, 6.07) is 20.9. The van der Waals surface area contributed by atoms with E-state index in [0.29, 0.717) is 0 Å². The van der Waals surface area contributed by atoms with E-state index in [1.165, 1.54) is 11.1 Å². The number of rotatable bonds is 2. The molecule has 0 atom stereocenters. The Morgan fingerprint density at radius 3 is 1.15 bits per heavy atom. The Morgan fingerprint density at radius 2 is 1.00 bits per heavy atom. The van der Waals surface area contributed by atoms with Gasteiger partial charge in [-0.1, -0.05) is 74.5 Å². The lowest BCUT2D eigenvalue weighted by atomic mass is 10.2. The molecule has 20 heavy (non-hydrogen) atoms. The van der Waals surface area contributed by atoms with E-state index in [1.807, 2.05) is 12.1 Å². The first-order valence-corrected chi connectivity index (χ1v) is 6.59. The molecule has 0 heterocycles. The Hall–Kier alpha value is -2.29. The van der Waals surface area contributed by atoms with Crippen molar-refractivity contribution < 1.29 is 15.0 Å². The summed E-state index contributed by atoms with van der Waals surface area (Å²) in [6.07, 6.45) is 0.446. The number of hydrogen-bond acceptors (Lipinski definition) is 1. The van der Waals surface area contributed by atoms with E-state index in [9.17, 15) is 0 Å². The Morgan fingerprint density at radius 1 is 0.750 bits per heavy atom. The van der Waals surface area contributed by atoms with Crippen molar-refractivity contribution in [3.8, 4) is 0 Å². The van der Waals surface area contributed by atoms with Gasteiger partial charge < -0.3 is 10.2 Å². The van der Waals surface area contributed by atoms with Crippen LogP contribution in [0.2, 0.25) is 0 Å². The first kappa shape index (κ1) is 17.7. The highest BCUT2D eigenvalue weighted by Gasteiger charge is 1.80. The smallest absolute Gasteiger partial charge is 0.450 e. The Kier molecular flexibility index (Phi) is 10.4. The van der Waals surface area contributed by atoms with Gasteiger partial charge in [-0.25, -0.2) is 4.79 Å². The van der Waals surface area contributed by atoms with Gasteiger partial charge >= 0.3 is 6.16 Å². The highest BCUT2D eigenvalue weighted by molar-refractivity contribution is 5.53. The summed E-state index contributed by atoms with van der Waals surface area (Å²) in [7, 11) is 0. The molecule has 0 aliphatic heterocycles. The van der Waals surface area contributed by atoms with Gasteiger partial charge in [-0.05, 0) is 24.0 Å². The summed E-state index contributed by atoms with van der Waals surface area (Å²) >= 11 is 0. The fourth-order valence-corrected chi connectivity index (χ4v) is 1.43. The molecule has 0 bridgehead atoms. The zero-order valence-electron chi connectivity index (χ0n) is 12.0. The topological polar surface area (TPSA) is 57.5 Å². The van der Waals surface area contributed by atoms with Gasteiger partial charge in [-0.15, -0.1) is 0 Å². The van der Waals surface area contributed by atoms with Gasteiger partial charge in [0.2, 0.25) is 0 Å². The van der Waals surface area contributed by atoms with Crippen LogP contribution in [0.4, 0.5) is 4.79 Å². The van der Waals surface area contributed by atoms with Gasteiger partial charge in [0.1, 0.15) is 0 Å². The van der Waals surface area contributed by atoms with Crippen LogP contribution in [-0.2, 0) is 12.8 Å². The number of hydrogen-bond donors (Lipinski definition) is 2.